The number of ether oxygens (including phenoxy) is 1. The van der Waals surface area contributed by atoms with E-state index in [9.17, 15) is 9.90 Å². The Hall–Kier alpha value is -1.45. The molecule has 0 radical (unpaired) electrons. The van der Waals surface area contributed by atoms with Crippen LogP contribution in [0.4, 0.5) is 0 Å². The molecule has 1 rings (SSSR count). The highest BCUT2D eigenvalue weighted by Gasteiger charge is 2.10. The Morgan fingerprint density at radius 1 is 1.31 bits per heavy atom. The maximum atomic E-state index is 11.1. The Kier molecular flexibility index (Phi) is 4.89. The molecule has 0 atom stereocenters. The van der Waals surface area contributed by atoms with Crippen molar-refractivity contribution in [3.8, 4) is 0 Å². The molecule has 1 N–H and O–H groups in total. The van der Waals surface area contributed by atoms with Crippen molar-refractivity contribution in [3.63, 3.8) is 0 Å². The molecule has 0 spiro atoms. The fourth-order valence-corrected chi connectivity index (χ4v) is 1.75. The maximum Gasteiger partial charge on any atom is 0.203 e. The quantitative estimate of drug-likeness (QED) is 0.451. The summed E-state index contributed by atoms with van der Waals surface area (Å²) in [4.78, 5) is 13.2. The first-order valence-corrected chi connectivity index (χ1v) is 5.55. The zero-order valence-electron chi connectivity index (χ0n) is 9.90. The molecule has 4 nitrogen and oxygen atoms in total. The van der Waals surface area contributed by atoms with Crippen LogP contribution in [0.1, 0.15) is 26.2 Å². The number of piperidine rings is 1. The van der Waals surface area contributed by atoms with Crippen molar-refractivity contribution >= 4 is 5.78 Å². The van der Waals surface area contributed by atoms with E-state index in [4.69, 9.17) is 4.74 Å². The number of hydrogen-bond acceptors (Lipinski definition) is 4. The monoisotopic (exact) mass is 225 g/mol. The number of nitrogens with zero attached hydrogens (tertiary/aromatic N) is 1. The van der Waals surface area contributed by atoms with Gasteiger partial charge in [-0.1, -0.05) is 0 Å². The van der Waals surface area contributed by atoms with E-state index >= 15 is 0 Å². The van der Waals surface area contributed by atoms with Gasteiger partial charge in [0.1, 0.15) is 0 Å². The molecule has 90 valence electrons. The standard InChI is InChI=1S/C12H19NO3/c1-10(14)12(16-2)11(15)6-9-13-7-4-3-5-8-13/h6,9,15H,3-5,7-8H2,1-2H3. The lowest BCUT2D eigenvalue weighted by molar-refractivity contribution is -0.116. The van der Waals surface area contributed by atoms with Crippen molar-refractivity contribution in [1.82, 2.24) is 4.90 Å². The number of aliphatic hydroxyl groups is 1. The first-order valence-electron chi connectivity index (χ1n) is 5.55. The second-order valence-corrected chi connectivity index (χ2v) is 3.89. The van der Waals surface area contributed by atoms with Crippen LogP contribution < -0.4 is 0 Å². The lowest BCUT2D eigenvalue weighted by Crippen LogP contribution is -2.24. The molecule has 0 bridgehead atoms. The average Bonchev–Trinajstić information content (AvgIpc) is 2.28. The number of aliphatic hydroxyl groups excluding tert-OH is 1. The van der Waals surface area contributed by atoms with Crippen LogP contribution in [0.25, 0.3) is 0 Å². The van der Waals surface area contributed by atoms with E-state index in [2.05, 4.69) is 4.90 Å². The molecule has 0 saturated carbocycles. The summed E-state index contributed by atoms with van der Waals surface area (Å²) < 4.78 is 4.82. The number of carbonyl (C=O) groups excluding carboxylic acids is 1. The van der Waals surface area contributed by atoms with Gasteiger partial charge >= 0.3 is 0 Å². The molecular formula is C12H19NO3. The second-order valence-electron chi connectivity index (χ2n) is 3.89. The fourth-order valence-electron chi connectivity index (χ4n) is 1.75. The summed E-state index contributed by atoms with van der Waals surface area (Å²) in [5.74, 6) is -0.378. The number of likely N-dealkylation sites (tertiary alicyclic amines) is 1. The molecule has 1 saturated heterocycles. The Morgan fingerprint density at radius 3 is 2.44 bits per heavy atom. The molecule has 1 aliphatic rings. The summed E-state index contributed by atoms with van der Waals surface area (Å²) >= 11 is 0. The number of carbonyl (C=O) groups is 1. The third-order valence-corrected chi connectivity index (χ3v) is 2.59. The molecule has 1 aliphatic heterocycles. The highest BCUT2D eigenvalue weighted by atomic mass is 16.5. The van der Waals surface area contributed by atoms with Gasteiger partial charge in [0.15, 0.2) is 11.5 Å². The first-order chi connectivity index (χ1) is 7.65. The van der Waals surface area contributed by atoms with Gasteiger partial charge in [-0.25, -0.2) is 0 Å². The molecule has 0 amide bonds. The molecule has 0 aromatic rings. The average molecular weight is 225 g/mol. The molecule has 0 aromatic heterocycles. The normalized spacial score (nSPS) is 18.5. The number of ketones is 1. The van der Waals surface area contributed by atoms with Crippen LogP contribution in [0.2, 0.25) is 0 Å². The van der Waals surface area contributed by atoms with Crippen LogP contribution in [0, 0.1) is 0 Å². The summed E-state index contributed by atoms with van der Waals surface area (Å²) in [6, 6.07) is 0. The van der Waals surface area contributed by atoms with Crippen LogP contribution in [0.15, 0.2) is 23.8 Å². The van der Waals surface area contributed by atoms with E-state index in [-0.39, 0.29) is 17.3 Å². The first kappa shape index (κ1) is 12.6. The van der Waals surface area contributed by atoms with Crippen molar-refractivity contribution in [2.45, 2.75) is 26.2 Å². The molecule has 0 aliphatic carbocycles. The van der Waals surface area contributed by atoms with E-state index in [1.807, 2.05) is 6.20 Å². The lowest BCUT2D eigenvalue weighted by atomic mass is 10.1. The van der Waals surface area contributed by atoms with Crippen molar-refractivity contribution in [3.05, 3.63) is 23.8 Å². The van der Waals surface area contributed by atoms with Crippen LogP contribution >= 0.6 is 0 Å². The summed E-state index contributed by atoms with van der Waals surface area (Å²) in [7, 11) is 1.38. The van der Waals surface area contributed by atoms with Crippen molar-refractivity contribution in [1.29, 1.82) is 0 Å². The summed E-state index contributed by atoms with van der Waals surface area (Å²) in [6.45, 7) is 3.38. The largest absolute Gasteiger partial charge is 0.504 e. The van der Waals surface area contributed by atoms with Gasteiger partial charge in [0.25, 0.3) is 0 Å². The number of hydrogen-bond donors (Lipinski definition) is 1. The zero-order chi connectivity index (χ0) is 12.0. The van der Waals surface area contributed by atoms with E-state index in [0.29, 0.717) is 0 Å². The van der Waals surface area contributed by atoms with Gasteiger partial charge < -0.3 is 14.7 Å². The third-order valence-electron chi connectivity index (χ3n) is 2.59. The van der Waals surface area contributed by atoms with Crippen LogP contribution in [0.3, 0.4) is 0 Å². The molecule has 0 aromatic carbocycles. The van der Waals surface area contributed by atoms with Gasteiger partial charge in [-0.3, -0.25) is 4.79 Å². The van der Waals surface area contributed by atoms with Gasteiger partial charge in [-0.15, -0.1) is 0 Å². The number of methoxy groups -OCH3 is 1. The summed E-state index contributed by atoms with van der Waals surface area (Å²) in [5, 5.41) is 9.63. The minimum Gasteiger partial charge on any atom is -0.504 e. The van der Waals surface area contributed by atoms with Crippen molar-refractivity contribution in [2.24, 2.45) is 0 Å². The minimum absolute atomic E-state index is 0.00765. The molecular weight excluding hydrogens is 206 g/mol. The smallest absolute Gasteiger partial charge is 0.203 e. The molecule has 1 fully saturated rings. The highest BCUT2D eigenvalue weighted by Crippen LogP contribution is 2.11. The zero-order valence-corrected chi connectivity index (χ0v) is 9.90. The number of rotatable bonds is 4. The molecule has 4 heteroatoms. The SMILES string of the molecule is COC(C(C)=O)=C(O)C=CN1CCCCC1. The fraction of sp³-hybridized carbons (Fsp3) is 0.583. The van der Waals surface area contributed by atoms with Gasteiger partial charge in [0.2, 0.25) is 5.76 Å². The van der Waals surface area contributed by atoms with E-state index < -0.39 is 0 Å². The topological polar surface area (TPSA) is 49.8 Å². The van der Waals surface area contributed by atoms with Crippen LogP contribution in [-0.4, -0.2) is 36.0 Å². The second kappa shape index (κ2) is 6.20. The van der Waals surface area contributed by atoms with E-state index in [0.717, 1.165) is 13.1 Å². The van der Waals surface area contributed by atoms with Crippen LogP contribution in [-0.2, 0) is 9.53 Å². The maximum absolute atomic E-state index is 11.1. The Bertz CT molecular complexity index is 301. The predicted octanol–water partition coefficient (Wildman–Crippen LogP) is 1.99. The Balaban J connectivity index is 2.63. The van der Waals surface area contributed by atoms with Gasteiger partial charge in [0, 0.05) is 26.2 Å². The third kappa shape index (κ3) is 3.61. The summed E-state index contributed by atoms with van der Waals surface area (Å²) in [5.41, 5.74) is 0. The minimum atomic E-state index is -0.275. The molecule has 1 heterocycles. The van der Waals surface area contributed by atoms with Gasteiger partial charge in [-0.05, 0) is 25.3 Å². The number of Topliss-reactive ketones (excluding diaryl/α,β-unsaturated/α-hetero) is 1. The number of allylic oxidation sites excluding steroid dienone is 2. The highest BCUT2D eigenvalue weighted by molar-refractivity contribution is 5.92. The van der Waals surface area contributed by atoms with Crippen molar-refractivity contribution in [2.75, 3.05) is 20.2 Å². The van der Waals surface area contributed by atoms with Crippen LogP contribution in [0.5, 0.6) is 0 Å². The summed E-state index contributed by atoms with van der Waals surface area (Å²) in [6.07, 6.45) is 6.96. The van der Waals surface area contributed by atoms with Gasteiger partial charge in [-0.2, -0.15) is 0 Å². The van der Waals surface area contributed by atoms with E-state index in [1.54, 1.807) is 0 Å². The lowest BCUT2D eigenvalue weighted by Gasteiger charge is -2.24. The Morgan fingerprint density at radius 2 is 1.94 bits per heavy atom. The molecule has 0 unspecified atom stereocenters. The van der Waals surface area contributed by atoms with Gasteiger partial charge in [0.05, 0.1) is 7.11 Å². The van der Waals surface area contributed by atoms with E-state index in [1.165, 1.54) is 39.4 Å². The molecule has 16 heavy (non-hydrogen) atoms. The Labute approximate surface area is 96.2 Å². The predicted molar refractivity (Wildman–Crippen MR) is 61.9 cm³/mol. The van der Waals surface area contributed by atoms with Crippen molar-refractivity contribution < 1.29 is 14.6 Å².